The molecule has 0 unspecified atom stereocenters. The van der Waals surface area contributed by atoms with Crippen LogP contribution in [0.25, 0.3) is 0 Å². The van der Waals surface area contributed by atoms with E-state index in [1.807, 2.05) is 4.90 Å². The Bertz CT molecular complexity index is 843. The Kier molecular flexibility index (Phi) is 5.43. The van der Waals surface area contributed by atoms with E-state index in [1.165, 1.54) is 12.1 Å². The lowest BCUT2D eigenvalue weighted by Crippen LogP contribution is -2.39. The number of alkyl halides is 3. The van der Waals surface area contributed by atoms with Crippen molar-refractivity contribution in [1.29, 1.82) is 0 Å². The van der Waals surface area contributed by atoms with Gasteiger partial charge >= 0.3 is 6.18 Å². The third-order valence-corrected chi connectivity index (χ3v) is 4.49. The summed E-state index contributed by atoms with van der Waals surface area (Å²) in [5.41, 5.74) is 0.417. The minimum Gasteiger partial charge on any atom is -0.351 e. The molecular weight excluding hydrogens is 369 g/mol. The highest BCUT2D eigenvalue weighted by molar-refractivity contribution is 5.82. The van der Waals surface area contributed by atoms with Crippen molar-refractivity contribution in [1.82, 2.24) is 19.7 Å². The van der Waals surface area contributed by atoms with Crippen molar-refractivity contribution < 1.29 is 22.0 Å². The Hall–Kier alpha value is -2.52. The van der Waals surface area contributed by atoms with E-state index in [0.717, 1.165) is 10.6 Å². The summed E-state index contributed by atoms with van der Waals surface area (Å²) in [5, 5.41) is 6.91. The van der Waals surface area contributed by atoms with Gasteiger partial charge in [0.05, 0.1) is 12.4 Å². The first-order valence-electron chi connectivity index (χ1n) is 8.43. The van der Waals surface area contributed by atoms with E-state index in [9.17, 15) is 22.0 Å². The number of halogens is 5. The number of aromatic nitrogens is 3. The third kappa shape index (κ3) is 4.25. The van der Waals surface area contributed by atoms with Crippen molar-refractivity contribution in [3.05, 3.63) is 47.0 Å². The van der Waals surface area contributed by atoms with E-state index >= 15 is 0 Å². The number of nitrogens with zero attached hydrogens (tertiary/aromatic N) is 5. The molecule has 2 heterocycles. The van der Waals surface area contributed by atoms with Gasteiger partial charge in [0, 0.05) is 32.6 Å². The lowest BCUT2D eigenvalue weighted by atomic mass is 10.1. The second-order valence-electron chi connectivity index (χ2n) is 6.24. The molecule has 0 aliphatic carbocycles. The Morgan fingerprint density at radius 2 is 1.96 bits per heavy atom. The van der Waals surface area contributed by atoms with Crippen LogP contribution in [0, 0.1) is 11.6 Å². The summed E-state index contributed by atoms with van der Waals surface area (Å²) >= 11 is 0. The largest absolute Gasteiger partial charge is 0.451 e. The molecule has 1 aliphatic heterocycles. The maximum atomic E-state index is 13.7. The van der Waals surface area contributed by atoms with E-state index in [4.69, 9.17) is 0 Å². The first-order chi connectivity index (χ1) is 12.8. The number of rotatable bonds is 4. The molecule has 0 atom stereocenters. The van der Waals surface area contributed by atoms with Crippen molar-refractivity contribution in [3.63, 3.8) is 0 Å². The average molecular weight is 387 g/mol. The Balaban J connectivity index is 1.61. The van der Waals surface area contributed by atoms with Crippen LogP contribution >= 0.6 is 0 Å². The van der Waals surface area contributed by atoms with Crippen molar-refractivity contribution in [2.75, 3.05) is 13.6 Å². The molecule has 2 aromatic rings. The van der Waals surface area contributed by atoms with Crippen LogP contribution in [0.1, 0.15) is 30.1 Å². The first kappa shape index (κ1) is 19.2. The minimum absolute atomic E-state index is 0.114. The predicted octanol–water partition coefficient (Wildman–Crippen LogP) is 3.44. The molecule has 146 valence electrons. The zero-order valence-corrected chi connectivity index (χ0v) is 14.6. The standard InChI is InChI=1S/C17H18F5N5/c1-23-14(4-2-3-11-5-6-12(18)9-13(11)19)26-7-8-27-15(10-26)24-25-16(27)17(20,21)22/h5-6,9H,2-4,7-8,10H2,1H3. The van der Waals surface area contributed by atoms with Crippen LogP contribution in [-0.4, -0.2) is 39.1 Å². The van der Waals surface area contributed by atoms with E-state index in [-0.39, 0.29) is 18.9 Å². The Labute approximate surface area is 152 Å². The SMILES string of the molecule is CN=C(CCCc1ccc(F)cc1F)N1CCn2c(nnc2C(F)(F)F)C1. The van der Waals surface area contributed by atoms with Crippen molar-refractivity contribution in [2.45, 2.75) is 38.5 Å². The summed E-state index contributed by atoms with van der Waals surface area (Å²) in [4.78, 5) is 6.07. The highest BCUT2D eigenvalue weighted by Crippen LogP contribution is 2.29. The number of benzene rings is 1. The number of hydrogen-bond acceptors (Lipinski definition) is 3. The number of aryl methyl sites for hydroxylation is 1. The number of aliphatic imine (C=N–C) groups is 1. The van der Waals surface area contributed by atoms with Gasteiger partial charge in [-0.25, -0.2) is 8.78 Å². The van der Waals surface area contributed by atoms with Crippen LogP contribution in [0.2, 0.25) is 0 Å². The monoisotopic (exact) mass is 387 g/mol. The predicted molar refractivity (Wildman–Crippen MR) is 88.1 cm³/mol. The maximum absolute atomic E-state index is 13.7. The van der Waals surface area contributed by atoms with Crippen molar-refractivity contribution in [2.24, 2.45) is 4.99 Å². The summed E-state index contributed by atoms with van der Waals surface area (Å²) in [6, 6.07) is 3.47. The Morgan fingerprint density at radius 1 is 1.19 bits per heavy atom. The molecular formula is C17H18F5N5. The van der Waals surface area contributed by atoms with Gasteiger partial charge in [0.25, 0.3) is 0 Å². The molecule has 0 saturated heterocycles. The summed E-state index contributed by atoms with van der Waals surface area (Å²) in [5.74, 6) is -1.25. The van der Waals surface area contributed by atoms with Gasteiger partial charge in [0.2, 0.25) is 5.82 Å². The fourth-order valence-electron chi connectivity index (χ4n) is 3.16. The zero-order valence-electron chi connectivity index (χ0n) is 14.6. The molecule has 1 aliphatic rings. The summed E-state index contributed by atoms with van der Waals surface area (Å²) in [7, 11) is 1.61. The smallest absolute Gasteiger partial charge is 0.351 e. The van der Waals surface area contributed by atoms with Gasteiger partial charge in [-0.05, 0) is 24.5 Å². The summed E-state index contributed by atoms with van der Waals surface area (Å²) in [6.07, 6.45) is -3.03. The second kappa shape index (κ2) is 7.61. The molecule has 0 N–H and O–H groups in total. The van der Waals surface area contributed by atoms with Crippen molar-refractivity contribution >= 4 is 5.84 Å². The molecule has 0 amide bonds. The Morgan fingerprint density at radius 3 is 2.63 bits per heavy atom. The number of fused-ring (bicyclic) bond motifs is 1. The van der Waals surface area contributed by atoms with Gasteiger partial charge in [-0.1, -0.05) is 6.07 Å². The molecule has 3 rings (SSSR count). The van der Waals surface area contributed by atoms with E-state index in [1.54, 1.807) is 7.05 Å². The van der Waals surface area contributed by atoms with Gasteiger partial charge in [-0.3, -0.25) is 4.99 Å². The highest BCUT2D eigenvalue weighted by atomic mass is 19.4. The second-order valence-corrected chi connectivity index (χ2v) is 6.24. The molecule has 0 spiro atoms. The molecule has 27 heavy (non-hydrogen) atoms. The fraction of sp³-hybridized carbons (Fsp3) is 0.471. The zero-order chi connectivity index (χ0) is 19.6. The van der Waals surface area contributed by atoms with Crippen LogP contribution in [0.4, 0.5) is 22.0 Å². The van der Waals surface area contributed by atoms with E-state index in [2.05, 4.69) is 15.2 Å². The van der Waals surface area contributed by atoms with Gasteiger partial charge in [-0.15, -0.1) is 10.2 Å². The number of hydrogen-bond donors (Lipinski definition) is 0. The van der Waals surface area contributed by atoms with E-state index < -0.39 is 23.6 Å². The van der Waals surface area contributed by atoms with Crippen molar-refractivity contribution in [3.8, 4) is 0 Å². The molecule has 0 saturated carbocycles. The molecule has 1 aromatic carbocycles. The highest BCUT2D eigenvalue weighted by Gasteiger charge is 2.39. The molecule has 0 radical (unpaired) electrons. The summed E-state index contributed by atoms with van der Waals surface area (Å²) in [6.45, 7) is 0.648. The molecule has 0 fully saturated rings. The fourth-order valence-corrected chi connectivity index (χ4v) is 3.16. The molecule has 5 nitrogen and oxygen atoms in total. The average Bonchev–Trinajstić information content (AvgIpc) is 3.04. The van der Waals surface area contributed by atoms with Gasteiger partial charge in [-0.2, -0.15) is 13.2 Å². The minimum atomic E-state index is -4.53. The van der Waals surface area contributed by atoms with Crippen LogP contribution in [0.3, 0.4) is 0 Å². The topological polar surface area (TPSA) is 46.3 Å². The first-order valence-corrected chi connectivity index (χ1v) is 8.43. The quantitative estimate of drug-likeness (QED) is 0.459. The maximum Gasteiger partial charge on any atom is 0.451 e. The third-order valence-electron chi connectivity index (χ3n) is 4.49. The van der Waals surface area contributed by atoms with E-state index in [0.29, 0.717) is 37.2 Å². The number of amidine groups is 1. The van der Waals surface area contributed by atoms with Gasteiger partial charge in [0.15, 0.2) is 5.82 Å². The summed E-state index contributed by atoms with van der Waals surface area (Å²) < 4.78 is 66.4. The normalized spacial score (nSPS) is 15.2. The van der Waals surface area contributed by atoms with Crippen LogP contribution < -0.4 is 0 Å². The molecule has 0 bridgehead atoms. The molecule has 1 aromatic heterocycles. The van der Waals surface area contributed by atoms with Crippen LogP contribution in [0.15, 0.2) is 23.2 Å². The van der Waals surface area contributed by atoms with Gasteiger partial charge < -0.3 is 9.47 Å². The van der Waals surface area contributed by atoms with Crippen LogP contribution in [-0.2, 0) is 25.7 Å². The van der Waals surface area contributed by atoms with Crippen LogP contribution in [0.5, 0.6) is 0 Å². The molecule has 10 heteroatoms. The van der Waals surface area contributed by atoms with Gasteiger partial charge in [0.1, 0.15) is 11.6 Å². The lowest BCUT2D eigenvalue weighted by molar-refractivity contribution is -0.147. The lowest BCUT2D eigenvalue weighted by Gasteiger charge is -2.30.